The maximum Gasteiger partial charge on any atom is 0.270 e. The molecule has 1 fully saturated rings. The molecule has 0 aliphatic carbocycles. The molecule has 0 radical (unpaired) electrons. The Hall–Kier alpha value is -2.46. The van der Waals surface area contributed by atoms with E-state index in [0.29, 0.717) is 18.8 Å². The predicted octanol–water partition coefficient (Wildman–Crippen LogP) is 3.81. The number of anilines is 1. The number of benzene rings is 1. The Balaban J connectivity index is 2.00. The van der Waals surface area contributed by atoms with E-state index in [2.05, 4.69) is 31.2 Å². The molecule has 164 valence electrons. The second-order valence-corrected chi connectivity index (χ2v) is 10.6. The molecule has 3 rings (SSSR count). The van der Waals surface area contributed by atoms with Gasteiger partial charge in [0.2, 0.25) is 10.0 Å². The molecule has 1 unspecified atom stereocenters. The van der Waals surface area contributed by atoms with Gasteiger partial charge in [-0.15, -0.1) is 0 Å². The number of hydrogen-bond acceptors (Lipinski definition) is 6. The van der Waals surface area contributed by atoms with Crippen molar-refractivity contribution in [3.8, 4) is 0 Å². The molecular weight excluding hydrogens is 406 g/mol. The number of nitro benzene ring substituents is 1. The Bertz CT molecular complexity index is 1050. The van der Waals surface area contributed by atoms with Gasteiger partial charge in [-0.3, -0.25) is 14.8 Å². The van der Waals surface area contributed by atoms with E-state index in [1.807, 2.05) is 24.7 Å². The molecule has 1 saturated heterocycles. The molecule has 30 heavy (non-hydrogen) atoms. The molecule has 1 atom stereocenters. The first-order chi connectivity index (χ1) is 13.9. The van der Waals surface area contributed by atoms with Crippen LogP contribution in [0.25, 0.3) is 0 Å². The molecule has 0 saturated carbocycles. The number of hydrogen-bond donors (Lipinski definition) is 1. The van der Waals surface area contributed by atoms with E-state index in [4.69, 9.17) is 0 Å². The molecule has 1 aliphatic rings. The van der Waals surface area contributed by atoms with Crippen molar-refractivity contribution in [3.05, 3.63) is 45.8 Å². The molecule has 2 aromatic rings. The van der Waals surface area contributed by atoms with E-state index < -0.39 is 14.9 Å². The Morgan fingerprint density at radius 2 is 1.87 bits per heavy atom. The van der Waals surface area contributed by atoms with Crippen LogP contribution in [-0.4, -0.2) is 40.5 Å². The lowest BCUT2D eigenvalue weighted by Crippen LogP contribution is -2.28. The van der Waals surface area contributed by atoms with Crippen LogP contribution in [0.5, 0.6) is 0 Å². The van der Waals surface area contributed by atoms with Gasteiger partial charge in [0.25, 0.3) is 5.69 Å². The minimum Gasteiger partial charge on any atom is -0.377 e. The Morgan fingerprint density at radius 3 is 2.40 bits per heavy atom. The minimum atomic E-state index is -3.84. The third kappa shape index (κ3) is 4.34. The largest absolute Gasteiger partial charge is 0.377 e. The monoisotopic (exact) mass is 435 g/mol. The van der Waals surface area contributed by atoms with Crippen molar-refractivity contribution < 1.29 is 13.3 Å². The Morgan fingerprint density at radius 1 is 1.23 bits per heavy atom. The van der Waals surface area contributed by atoms with Crippen LogP contribution in [0.4, 0.5) is 11.4 Å². The number of rotatable bonds is 6. The van der Waals surface area contributed by atoms with Gasteiger partial charge in [0.1, 0.15) is 4.90 Å². The minimum absolute atomic E-state index is 0.0636. The molecule has 0 bridgehead atoms. The summed E-state index contributed by atoms with van der Waals surface area (Å²) in [5.41, 5.74) is 1.70. The molecule has 1 aliphatic heterocycles. The fraction of sp³-hybridized carbons (Fsp3) is 0.550. The van der Waals surface area contributed by atoms with Crippen LogP contribution in [0, 0.1) is 17.0 Å². The zero-order valence-corrected chi connectivity index (χ0v) is 18.9. The van der Waals surface area contributed by atoms with Gasteiger partial charge in [0, 0.05) is 37.0 Å². The highest BCUT2D eigenvalue weighted by Gasteiger charge is 2.31. The molecule has 1 aromatic heterocycles. The normalized spacial score (nSPS) is 16.6. The lowest BCUT2D eigenvalue weighted by atomic mass is 10.1. The molecule has 0 spiro atoms. The summed E-state index contributed by atoms with van der Waals surface area (Å²) in [5, 5.41) is 19.1. The summed E-state index contributed by atoms with van der Waals surface area (Å²) >= 11 is 0. The molecule has 0 amide bonds. The van der Waals surface area contributed by atoms with Crippen molar-refractivity contribution in [2.75, 3.05) is 18.4 Å². The van der Waals surface area contributed by atoms with Crippen molar-refractivity contribution in [2.24, 2.45) is 0 Å². The smallest absolute Gasteiger partial charge is 0.270 e. The number of nitrogens with zero attached hydrogens (tertiary/aromatic N) is 4. The summed E-state index contributed by atoms with van der Waals surface area (Å²) in [7, 11) is -3.84. The number of aryl methyl sites for hydroxylation is 1. The second-order valence-electron chi connectivity index (χ2n) is 8.70. The highest BCUT2D eigenvalue weighted by Crippen LogP contribution is 2.33. The average Bonchev–Trinajstić information content (AvgIpc) is 3.31. The van der Waals surface area contributed by atoms with Crippen molar-refractivity contribution in [3.63, 3.8) is 0 Å². The summed E-state index contributed by atoms with van der Waals surface area (Å²) in [6.07, 6.45) is 3.53. The highest BCUT2D eigenvalue weighted by atomic mass is 32.2. The van der Waals surface area contributed by atoms with Crippen LogP contribution in [0.1, 0.15) is 57.8 Å². The van der Waals surface area contributed by atoms with E-state index >= 15 is 0 Å². The van der Waals surface area contributed by atoms with E-state index in [1.165, 1.54) is 16.4 Å². The van der Waals surface area contributed by atoms with Gasteiger partial charge < -0.3 is 5.32 Å². The van der Waals surface area contributed by atoms with Gasteiger partial charge in [0.05, 0.1) is 27.9 Å². The van der Waals surface area contributed by atoms with Crippen LogP contribution in [0.2, 0.25) is 0 Å². The molecule has 1 N–H and O–H groups in total. The fourth-order valence-corrected chi connectivity index (χ4v) is 5.27. The van der Waals surface area contributed by atoms with Gasteiger partial charge in [0.15, 0.2) is 0 Å². The topological polar surface area (TPSA) is 110 Å². The first-order valence-electron chi connectivity index (χ1n) is 10.0. The van der Waals surface area contributed by atoms with Gasteiger partial charge in [-0.05, 0) is 53.5 Å². The van der Waals surface area contributed by atoms with E-state index in [-0.39, 0.29) is 22.2 Å². The van der Waals surface area contributed by atoms with Crippen LogP contribution in [-0.2, 0) is 15.6 Å². The summed E-state index contributed by atoms with van der Waals surface area (Å²) in [4.78, 5) is 10.6. The standard InChI is InChI=1S/C20H29N5O4S/c1-14(17-13-24(20(3,4)5)22-15(17)2)21-18-9-8-16(25(26)27)12-19(18)30(28,29)23-10-6-7-11-23/h8-9,12-14,21H,6-7,10-11H2,1-5H3. The Kier molecular flexibility index (Phi) is 5.92. The Labute approximate surface area is 177 Å². The predicted molar refractivity (Wildman–Crippen MR) is 115 cm³/mol. The first-order valence-corrected chi connectivity index (χ1v) is 11.5. The average molecular weight is 436 g/mol. The van der Waals surface area contributed by atoms with E-state index in [0.717, 1.165) is 30.2 Å². The van der Waals surface area contributed by atoms with Crippen molar-refractivity contribution in [2.45, 2.75) is 63.9 Å². The summed E-state index contributed by atoms with van der Waals surface area (Å²) in [5.74, 6) is 0. The molecule has 2 heterocycles. The van der Waals surface area contributed by atoms with Crippen LogP contribution in [0.15, 0.2) is 29.3 Å². The highest BCUT2D eigenvalue weighted by molar-refractivity contribution is 7.89. The number of nitrogens with one attached hydrogen (secondary N) is 1. The maximum atomic E-state index is 13.2. The van der Waals surface area contributed by atoms with Crippen molar-refractivity contribution >= 4 is 21.4 Å². The van der Waals surface area contributed by atoms with Gasteiger partial charge in [-0.1, -0.05) is 0 Å². The van der Waals surface area contributed by atoms with Gasteiger partial charge >= 0.3 is 0 Å². The molecular formula is C20H29N5O4S. The second kappa shape index (κ2) is 7.99. The molecule has 1 aromatic carbocycles. The van der Waals surface area contributed by atoms with Crippen LogP contribution >= 0.6 is 0 Å². The zero-order valence-electron chi connectivity index (χ0n) is 18.0. The van der Waals surface area contributed by atoms with Crippen LogP contribution < -0.4 is 5.32 Å². The third-order valence-electron chi connectivity index (χ3n) is 5.32. The number of aromatic nitrogens is 2. The van der Waals surface area contributed by atoms with Gasteiger partial charge in [-0.2, -0.15) is 9.40 Å². The number of sulfonamides is 1. The summed E-state index contributed by atoms with van der Waals surface area (Å²) in [6.45, 7) is 10.8. The quantitative estimate of drug-likeness (QED) is 0.546. The SMILES string of the molecule is Cc1nn(C(C)(C)C)cc1C(C)Nc1ccc([N+](=O)[O-])cc1S(=O)(=O)N1CCCC1. The zero-order chi connectivity index (χ0) is 22.3. The van der Waals surface area contributed by atoms with E-state index in [1.54, 1.807) is 0 Å². The third-order valence-corrected chi connectivity index (χ3v) is 7.26. The number of non-ortho nitro benzene ring substituents is 1. The van der Waals surface area contributed by atoms with Crippen LogP contribution in [0.3, 0.4) is 0 Å². The number of nitro groups is 1. The van der Waals surface area contributed by atoms with Gasteiger partial charge in [-0.25, -0.2) is 8.42 Å². The fourth-order valence-electron chi connectivity index (χ4n) is 3.58. The molecule has 10 heteroatoms. The first kappa shape index (κ1) is 22.2. The summed E-state index contributed by atoms with van der Waals surface area (Å²) < 4.78 is 29.7. The summed E-state index contributed by atoms with van der Waals surface area (Å²) in [6, 6.07) is 3.70. The lowest BCUT2D eigenvalue weighted by molar-refractivity contribution is -0.385. The lowest BCUT2D eigenvalue weighted by Gasteiger charge is -2.21. The van der Waals surface area contributed by atoms with Crippen molar-refractivity contribution in [1.29, 1.82) is 0 Å². The maximum absolute atomic E-state index is 13.2. The van der Waals surface area contributed by atoms with E-state index in [9.17, 15) is 18.5 Å². The van der Waals surface area contributed by atoms with Crippen molar-refractivity contribution in [1.82, 2.24) is 14.1 Å². The molecule has 9 nitrogen and oxygen atoms in total.